The van der Waals surface area contributed by atoms with Crippen molar-refractivity contribution in [2.75, 3.05) is 14.1 Å². The second-order valence-electron chi connectivity index (χ2n) is 3.17. The maximum atomic E-state index is 11.2. The van der Waals surface area contributed by atoms with Gasteiger partial charge >= 0.3 is 6.03 Å². The lowest BCUT2D eigenvalue weighted by atomic mass is 10.4. The van der Waals surface area contributed by atoms with Crippen LogP contribution in [-0.2, 0) is 0 Å². The SMILES string of the molecule is CN(C)C=NC(=O)NSc1cccc(Br)c1. The third-order valence-corrected chi connectivity index (χ3v) is 2.72. The number of aliphatic imine (C=N–C) groups is 1. The predicted octanol–water partition coefficient (Wildman–Crippen LogP) is 2.76. The van der Waals surface area contributed by atoms with Crippen molar-refractivity contribution < 1.29 is 4.79 Å². The molecule has 0 aliphatic carbocycles. The molecular formula is C10H12BrN3OS. The van der Waals surface area contributed by atoms with Crippen LogP contribution < -0.4 is 4.72 Å². The van der Waals surface area contributed by atoms with Crippen LogP contribution in [0.3, 0.4) is 0 Å². The van der Waals surface area contributed by atoms with E-state index in [9.17, 15) is 4.79 Å². The molecule has 2 amide bonds. The van der Waals surface area contributed by atoms with Crippen molar-refractivity contribution in [3.8, 4) is 0 Å². The van der Waals surface area contributed by atoms with Gasteiger partial charge in [-0.25, -0.2) is 4.79 Å². The molecule has 0 aliphatic heterocycles. The van der Waals surface area contributed by atoms with Crippen LogP contribution in [-0.4, -0.2) is 31.4 Å². The summed E-state index contributed by atoms with van der Waals surface area (Å²) in [5, 5.41) is 0. The molecule has 0 aliphatic rings. The van der Waals surface area contributed by atoms with E-state index < -0.39 is 0 Å². The Balaban J connectivity index is 2.43. The van der Waals surface area contributed by atoms with E-state index in [1.165, 1.54) is 18.3 Å². The lowest BCUT2D eigenvalue weighted by Crippen LogP contribution is -2.15. The molecule has 6 heteroatoms. The maximum absolute atomic E-state index is 11.2. The highest BCUT2D eigenvalue weighted by Crippen LogP contribution is 2.19. The minimum atomic E-state index is -0.376. The predicted molar refractivity (Wildman–Crippen MR) is 70.7 cm³/mol. The van der Waals surface area contributed by atoms with Gasteiger partial charge in [-0.2, -0.15) is 4.99 Å². The van der Waals surface area contributed by atoms with Gasteiger partial charge in [0.2, 0.25) is 0 Å². The number of carbonyl (C=O) groups is 1. The van der Waals surface area contributed by atoms with Gasteiger partial charge in [0, 0.05) is 23.5 Å². The molecular weight excluding hydrogens is 290 g/mol. The number of rotatable bonds is 3. The summed E-state index contributed by atoms with van der Waals surface area (Å²) in [4.78, 5) is 17.6. The number of carbonyl (C=O) groups excluding carboxylic acids is 1. The molecule has 0 fully saturated rings. The highest BCUT2D eigenvalue weighted by atomic mass is 79.9. The molecule has 0 aromatic heterocycles. The Morgan fingerprint density at radius 2 is 2.31 bits per heavy atom. The highest BCUT2D eigenvalue weighted by Gasteiger charge is 1.99. The molecule has 1 aromatic rings. The zero-order valence-electron chi connectivity index (χ0n) is 8.98. The van der Waals surface area contributed by atoms with E-state index in [1.807, 2.05) is 24.3 Å². The van der Waals surface area contributed by atoms with E-state index in [0.717, 1.165) is 9.37 Å². The number of hydrogen-bond donors (Lipinski definition) is 1. The topological polar surface area (TPSA) is 44.7 Å². The Kier molecular flexibility index (Phi) is 5.34. The van der Waals surface area contributed by atoms with Gasteiger partial charge in [0.1, 0.15) is 0 Å². The monoisotopic (exact) mass is 301 g/mol. The summed E-state index contributed by atoms with van der Waals surface area (Å²) in [6, 6.07) is 7.28. The van der Waals surface area contributed by atoms with E-state index >= 15 is 0 Å². The second-order valence-corrected chi connectivity index (χ2v) is 4.97. The van der Waals surface area contributed by atoms with Gasteiger partial charge < -0.3 is 4.90 Å². The fraction of sp³-hybridized carbons (Fsp3) is 0.200. The fourth-order valence-electron chi connectivity index (χ4n) is 0.827. The summed E-state index contributed by atoms with van der Waals surface area (Å²) < 4.78 is 3.59. The zero-order valence-corrected chi connectivity index (χ0v) is 11.4. The fourth-order valence-corrected chi connectivity index (χ4v) is 1.97. The van der Waals surface area contributed by atoms with Crippen molar-refractivity contribution in [3.05, 3.63) is 28.7 Å². The standard InChI is InChI=1S/C10H12BrN3OS/c1-14(2)7-12-10(15)13-16-9-5-3-4-8(11)6-9/h3-7H,1-2H3,(H,13,15). The van der Waals surface area contributed by atoms with Crippen LogP contribution in [0, 0.1) is 0 Å². The molecule has 1 rings (SSSR count). The number of amides is 2. The largest absolute Gasteiger partial charge is 0.369 e. The Labute approximate surface area is 107 Å². The molecule has 16 heavy (non-hydrogen) atoms. The van der Waals surface area contributed by atoms with Crippen molar-refractivity contribution in [1.82, 2.24) is 9.62 Å². The van der Waals surface area contributed by atoms with Crippen LogP contribution in [0.2, 0.25) is 0 Å². The Morgan fingerprint density at radius 1 is 1.56 bits per heavy atom. The Morgan fingerprint density at radius 3 is 2.94 bits per heavy atom. The third kappa shape index (κ3) is 5.18. The van der Waals surface area contributed by atoms with Crippen LogP contribution >= 0.6 is 27.9 Å². The molecule has 4 nitrogen and oxygen atoms in total. The zero-order chi connectivity index (χ0) is 12.0. The van der Waals surface area contributed by atoms with Crippen molar-refractivity contribution in [1.29, 1.82) is 0 Å². The summed E-state index contributed by atoms with van der Waals surface area (Å²) in [5.74, 6) is 0. The molecule has 0 saturated carbocycles. The molecule has 0 saturated heterocycles. The molecule has 1 aromatic carbocycles. The van der Waals surface area contributed by atoms with E-state index in [1.54, 1.807) is 19.0 Å². The highest BCUT2D eigenvalue weighted by molar-refractivity contribution is 9.10. The molecule has 0 radical (unpaired) electrons. The van der Waals surface area contributed by atoms with Gasteiger partial charge in [-0.1, -0.05) is 22.0 Å². The van der Waals surface area contributed by atoms with E-state index in [2.05, 4.69) is 25.6 Å². The first-order chi connectivity index (χ1) is 7.58. The van der Waals surface area contributed by atoms with Gasteiger partial charge in [0.25, 0.3) is 0 Å². The lowest BCUT2D eigenvalue weighted by molar-refractivity contribution is 0.254. The van der Waals surface area contributed by atoms with Crippen molar-refractivity contribution in [2.45, 2.75) is 4.90 Å². The average molecular weight is 302 g/mol. The second kappa shape index (κ2) is 6.55. The quantitative estimate of drug-likeness (QED) is 0.530. The maximum Gasteiger partial charge on any atom is 0.352 e. The van der Waals surface area contributed by atoms with Gasteiger partial charge in [0.05, 0.1) is 6.34 Å². The smallest absolute Gasteiger partial charge is 0.352 e. The van der Waals surface area contributed by atoms with Crippen molar-refractivity contribution >= 4 is 40.2 Å². The summed E-state index contributed by atoms with van der Waals surface area (Å²) in [6.45, 7) is 0. The van der Waals surface area contributed by atoms with Gasteiger partial charge in [-0.15, -0.1) is 0 Å². The molecule has 0 atom stereocenters. The van der Waals surface area contributed by atoms with Gasteiger partial charge in [-0.3, -0.25) is 4.72 Å². The molecule has 0 heterocycles. The van der Waals surface area contributed by atoms with E-state index in [-0.39, 0.29) is 6.03 Å². The first kappa shape index (κ1) is 13.1. The van der Waals surface area contributed by atoms with Crippen LogP contribution in [0.25, 0.3) is 0 Å². The van der Waals surface area contributed by atoms with E-state index in [0.29, 0.717) is 0 Å². The molecule has 0 unspecified atom stereocenters. The third-order valence-electron chi connectivity index (χ3n) is 1.46. The van der Waals surface area contributed by atoms with E-state index in [4.69, 9.17) is 0 Å². The minimum absolute atomic E-state index is 0.376. The first-order valence-electron chi connectivity index (χ1n) is 4.51. The molecule has 86 valence electrons. The summed E-state index contributed by atoms with van der Waals surface area (Å²) in [6.07, 6.45) is 1.46. The van der Waals surface area contributed by atoms with Gasteiger partial charge in [0.15, 0.2) is 0 Å². The molecule has 1 N–H and O–H groups in total. The normalized spacial score (nSPS) is 10.4. The summed E-state index contributed by atoms with van der Waals surface area (Å²) in [5.41, 5.74) is 0. The summed E-state index contributed by atoms with van der Waals surface area (Å²) in [7, 11) is 3.61. The van der Waals surface area contributed by atoms with Gasteiger partial charge in [-0.05, 0) is 30.1 Å². The minimum Gasteiger partial charge on any atom is -0.369 e. The molecule has 0 spiro atoms. The number of nitrogens with one attached hydrogen (secondary N) is 1. The average Bonchev–Trinajstić information content (AvgIpc) is 2.23. The summed E-state index contributed by atoms with van der Waals surface area (Å²) >= 11 is 4.59. The number of nitrogens with zero attached hydrogens (tertiary/aromatic N) is 2. The van der Waals surface area contributed by atoms with Crippen LogP contribution in [0.15, 0.2) is 38.6 Å². The first-order valence-corrected chi connectivity index (χ1v) is 6.12. The number of urea groups is 1. The van der Waals surface area contributed by atoms with Crippen molar-refractivity contribution in [2.24, 2.45) is 4.99 Å². The van der Waals surface area contributed by atoms with Crippen molar-refractivity contribution in [3.63, 3.8) is 0 Å². The number of benzene rings is 1. The van der Waals surface area contributed by atoms with Crippen LogP contribution in [0.4, 0.5) is 4.79 Å². The Bertz CT molecular complexity index is 395. The van der Waals surface area contributed by atoms with Crippen LogP contribution in [0.5, 0.6) is 0 Å². The lowest BCUT2D eigenvalue weighted by Gasteiger charge is -2.03. The Hall–Kier alpha value is -1.01. The van der Waals surface area contributed by atoms with Crippen LogP contribution in [0.1, 0.15) is 0 Å². The molecule has 0 bridgehead atoms. The number of halogens is 1. The number of hydrogen-bond acceptors (Lipinski definition) is 2.